The van der Waals surface area contributed by atoms with Gasteiger partial charge in [-0.2, -0.15) is 0 Å². The molecule has 2 aromatic heterocycles. The molecule has 0 bridgehead atoms. The highest BCUT2D eigenvalue weighted by atomic mass is 32.1. The molecule has 0 aliphatic carbocycles. The van der Waals surface area contributed by atoms with E-state index in [0.29, 0.717) is 27.2 Å². The molecule has 1 atom stereocenters. The minimum Gasteiger partial charge on any atom is -0.494 e. The molecular weight excluding hydrogens is 456 g/mol. The summed E-state index contributed by atoms with van der Waals surface area (Å²) in [6.07, 6.45) is 1.62. The fourth-order valence-electron chi connectivity index (χ4n) is 3.74. The fraction of sp³-hybridized carbons (Fsp3) is 0.320. The zero-order valence-electron chi connectivity index (χ0n) is 19.2. The van der Waals surface area contributed by atoms with E-state index in [0.717, 1.165) is 21.8 Å². The zero-order valence-corrected chi connectivity index (χ0v) is 20.9. The summed E-state index contributed by atoms with van der Waals surface area (Å²) in [4.78, 5) is 32.9. The normalized spacial score (nSPS) is 16.1. The van der Waals surface area contributed by atoms with Crippen molar-refractivity contribution >= 4 is 34.7 Å². The maximum absolute atomic E-state index is 13.6. The van der Waals surface area contributed by atoms with Crippen LogP contribution in [0.25, 0.3) is 6.08 Å². The lowest BCUT2D eigenvalue weighted by molar-refractivity contribution is -0.143. The molecule has 0 saturated heterocycles. The zero-order chi connectivity index (χ0) is 23.7. The standard InChI is InChI=1S/C25H26N2O4S2/c1-6-30-18-9-7-17(8-10-18)22-21(24(29)31-14(2)3)16(5)26-25-27(22)23(28)20(33-25)13-19-15(4)11-12-32-19/h7-14,22H,6H2,1-5H3/b20-13+/t22-/m0/s1. The molecule has 0 unspecified atom stereocenters. The van der Waals surface area contributed by atoms with Crippen molar-refractivity contribution in [3.05, 3.63) is 82.7 Å². The smallest absolute Gasteiger partial charge is 0.338 e. The molecule has 4 rings (SSSR count). The van der Waals surface area contributed by atoms with E-state index >= 15 is 0 Å². The average Bonchev–Trinajstić information content (AvgIpc) is 3.30. The highest BCUT2D eigenvalue weighted by molar-refractivity contribution is 7.11. The lowest BCUT2D eigenvalue weighted by atomic mass is 9.96. The van der Waals surface area contributed by atoms with Gasteiger partial charge in [-0.15, -0.1) is 11.3 Å². The molecule has 3 aromatic rings. The first-order chi connectivity index (χ1) is 15.8. The molecule has 0 spiro atoms. The molecule has 0 fully saturated rings. The third-order valence-electron chi connectivity index (χ3n) is 5.26. The van der Waals surface area contributed by atoms with Crippen molar-refractivity contribution < 1.29 is 14.3 Å². The largest absolute Gasteiger partial charge is 0.494 e. The molecule has 33 heavy (non-hydrogen) atoms. The molecule has 0 amide bonds. The van der Waals surface area contributed by atoms with Crippen molar-refractivity contribution in [2.45, 2.75) is 46.8 Å². The summed E-state index contributed by atoms with van der Waals surface area (Å²) in [5, 5.41) is 2.01. The Hall–Kier alpha value is -2.97. The van der Waals surface area contributed by atoms with E-state index in [2.05, 4.69) is 4.99 Å². The summed E-state index contributed by atoms with van der Waals surface area (Å²) in [7, 11) is 0. The van der Waals surface area contributed by atoms with Gasteiger partial charge in [0.05, 0.1) is 34.6 Å². The minimum absolute atomic E-state index is 0.173. The Bertz CT molecular complexity index is 1390. The summed E-state index contributed by atoms with van der Waals surface area (Å²) in [6.45, 7) is 9.90. The number of hydrogen-bond acceptors (Lipinski definition) is 7. The van der Waals surface area contributed by atoms with Gasteiger partial charge in [-0.3, -0.25) is 9.36 Å². The van der Waals surface area contributed by atoms with Crippen LogP contribution in [0.15, 0.2) is 56.8 Å². The lowest BCUT2D eigenvalue weighted by Crippen LogP contribution is -2.40. The fourth-order valence-corrected chi connectivity index (χ4v) is 5.70. The van der Waals surface area contributed by atoms with Crippen LogP contribution in [0.2, 0.25) is 0 Å². The molecule has 8 heteroatoms. The van der Waals surface area contributed by atoms with Gasteiger partial charge in [-0.05, 0) is 75.4 Å². The van der Waals surface area contributed by atoms with Crippen LogP contribution in [-0.4, -0.2) is 23.2 Å². The van der Waals surface area contributed by atoms with E-state index in [-0.39, 0.29) is 11.7 Å². The number of esters is 1. The number of aryl methyl sites for hydroxylation is 1. The SMILES string of the molecule is CCOc1ccc([C@H]2C(C(=O)OC(C)C)=C(C)N=c3s/c(=C/c4sccc4C)c(=O)n32)cc1. The Labute approximate surface area is 200 Å². The summed E-state index contributed by atoms with van der Waals surface area (Å²) in [5.74, 6) is 0.266. The van der Waals surface area contributed by atoms with Gasteiger partial charge in [0.15, 0.2) is 4.80 Å². The summed E-state index contributed by atoms with van der Waals surface area (Å²) < 4.78 is 13.3. The van der Waals surface area contributed by atoms with Gasteiger partial charge < -0.3 is 9.47 Å². The molecule has 172 valence electrons. The summed E-state index contributed by atoms with van der Waals surface area (Å²) >= 11 is 2.92. The highest BCUT2D eigenvalue weighted by Gasteiger charge is 2.33. The Morgan fingerprint density at radius 1 is 1.21 bits per heavy atom. The number of benzene rings is 1. The number of carbonyl (C=O) groups is 1. The van der Waals surface area contributed by atoms with Crippen LogP contribution in [0.1, 0.15) is 49.7 Å². The number of carbonyl (C=O) groups excluding carboxylic acids is 1. The number of fused-ring (bicyclic) bond motifs is 1. The van der Waals surface area contributed by atoms with Gasteiger partial charge in [0.1, 0.15) is 5.75 Å². The van der Waals surface area contributed by atoms with E-state index in [4.69, 9.17) is 9.47 Å². The topological polar surface area (TPSA) is 69.9 Å². The van der Waals surface area contributed by atoms with Crippen LogP contribution in [0.3, 0.4) is 0 Å². The third-order valence-corrected chi connectivity index (χ3v) is 7.20. The minimum atomic E-state index is -0.630. The Morgan fingerprint density at radius 2 is 1.94 bits per heavy atom. The van der Waals surface area contributed by atoms with Crippen molar-refractivity contribution in [3.63, 3.8) is 0 Å². The van der Waals surface area contributed by atoms with E-state index in [9.17, 15) is 9.59 Å². The number of rotatable bonds is 6. The maximum atomic E-state index is 13.6. The van der Waals surface area contributed by atoms with Gasteiger partial charge in [0.2, 0.25) is 0 Å². The van der Waals surface area contributed by atoms with E-state index in [1.165, 1.54) is 11.3 Å². The number of allylic oxidation sites excluding steroid dienone is 1. The summed E-state index contributed by atoms with van der Waals surface area (Å²) in [6, 6.07) is 8.87. The van der Waals surface area contributed by atoms with Crippen LogP contribution in [0, 0.1) is 6.92 Å². The number of hydrogen-bond donors (Lipinski definition) is 0. The van der Waals surface area contributed by atoms with Crippen molar-refractivity contribution in [2.75, 3.05) is 6.61 Å². The Balaban J connectivity index is 1.92. The van der Waals surface area contributed by atoms with Gasteiger partial charge >= 0.3 is 5.97 Å². The maximum Gasteiger partial charge on any atom is 0.338 e. The first-order valence-electron chi connectivity index (χ1n) is 10.8. The predicted molar refractivity (Wildman–Crippen MR) is 132 cm³/mol. The van der Waals surface area contributed by atoms with Crippen LogP contribution in [0.5, 0.6) is 5.75 Å². The molecule has 6 nitrogen and oxygen atoms in total. The molecule has 3 heterocycles. The first kappa shape index (κ1) is 23.2. The number of nitrogens with zero attached hydrogens (tertiary/aromatic N) is 2. The van der Waals surface area contributed by atoms with Gasteiger partial charge in [-0.25, -0.2) is 9.79 Å². The van der Waals surface area contributed by atoms with Gasteiger partial charge in [-0.1, -0.05) is 23.5 Å². The van der Waals surface area contributed by atoms with Crippen molar-refractivity contribution in [1.29, 1.82) is 0 Å². The number of aromatic nitrogens is 1. The molecule has 0 N–H and O–H groups in total. The number of thiophene rings is 1. The van der Waals surface area contributed by atoms with E-state index in [1.807, 2.05) is 55.6 Å². The van der Waals surface area contributed by atoms with Crippen molar-refractivity contribution in [2.24, 2.45) is 4.99 Å². The molecule has 0 radical (unpaired) electrons. The summed E-state index contributed by atoms with van der Waals surface area (Å²) in [5.41, 5.74) is 2.67. The Morgan fingerprint density at radius 3 is 2.55 bits per heavy atom. The molecular formula is C25H26N2O4S2. The molecule has 1 aliphatic rings. The molecule has 1 aliphatic heterocycles. The van der Waals surface area contributed by atoms with Crippen LogP contribution >= 0.6 is 22.7 Å². The van der Waals surface area contributed by atoms with Gasteiger partial charge in [0.25, 0.3) is 5.56 Å². The second-order valence-electron chi connectivity index (χ2n) is 8.01. The number of thiazole rings is 1. The lowest BCUT2D eigenvalue weighted by Gasteiger charge is -2.25. The number of ether oxygens (including phenoxy) is 2. The van der Waals surface area contributed by atoms with E-state index < -0.39 is 12.0 Å². The average molecular weight is 483 g/mol. The molecule has 1 aromatic carbocycles. The predicted octanol–water partition coefficient (Wildman–Crippen LogP) is 3.96. The van der Waals surface area contributed by atoms with Crippen LogP contribution < -0.4 is 19.6 Å². The van der Waals surface area contributed by atoms with E-state index in [1.54, 1.807) is 36.7 Å². The third kappa shape index (κ3) is 4.58. The van der Waals surface area contributed by atoms with Crippen LogP contribution in [-0.2, 0) is 9.53 Å². The second kappa shape index (κ2) is 9.49. The molecule has 0 saturated carbocycles. The van der Waals surface area contributed by atoms with Crippen molar-refractivity contribution in [1.82, 2.24) is 4.57 Å². The highest BCUT2D eigenvalue weighted by Crippen LogP contribution is 2.32. The first-order valence-corrected chi connectivity index (χ1v) is 12.5. The van der Waals surface area contributed by atoms with Crippen molar-refractivity contribution in [3.8, 4) is 5.75 Å². The monoisotopic (exact) mass is 482 g/mol. The Kier molecular flexibility index (Phi) is 6.67. The van der Waals surface area contributed by atoms with Gasteiger partial charge in [0, 0.05) is 4.88 Å². The second-order valence-corrected chi connectivity index (χ2v) is 9.96. The quantitative estimate of drug-likeness (QED) is 0.499. The van der Waals surface area contributed by atoms with Crippen LogP contribution in [0.4, 0.5) is 0 Å².